The van der Waals surface area contributed by atoms with Crippen LogP contribution in [-0.4, -0.2) is 30.4 Å². The van der Waals surface area contributed by atoms with E-state index in [1.165, 1.54) is 5.56 Å². The molecule has 5 nitrogen and oxygen atoms in total. The zero-order valence-electron chi connectivity index (χ0n) is 15.8. The molecule has 1 fully saturated rings. The number of carboxylic acid groups (broad SMARTS) is 1. The number of benzene rings is 2. The molecule has 1 aliphatic rings. The number of nitrogens with zero attached hydrogens (tertiary/aromatic N) is 1. The van der Waals surface area contributed by atoms with Gasteiger partial charge in [-0.3, -0.25) is 0 Å². The van der Waals surface area contributed by atoms with E-state index < -0.39 is 5.97 Å². The van der Waals surface area contributed by atoms with Crippen molar-refractivity contribution in [3.05, 3.63) is 65.2 Å². The van der Waals surface area contributed by atoms with Crippen molar-refractivity contribution in [2.24, 2.45) is 0 Å². The molecule has 2 aromatic rings. The van der Waals surface area contributed by atoms with E-state index in [0.717, 1.165) is 37.0 Å². The number of ether oxygens (including phenoxy) is 2. The van der Waals surface area contributed by atoms with Crippen molar-refractivity contribution < 1.29 is 19.4 Å². The number of carbonyl (C=O) groups is 1. The van der Waals surface area contributed by atoms with Crippen LogP contribution < -0.4 is 4.74 Å². The van der Waals surface area contributed by atoms with Crippen LogP contribution in [0, 0.1) is 11.3 Å². The summed E-state index contributed by atoms with van der Waals surface area (Å²) in [5.41, 5.74) is 3.11. The molecular weight excluding hydrogens is 354 g/mol. The molecule has 0 bridgehead atoms. The van der Waals surface area contributed by atoms with Crippen LogP contribution in [0.4, 0.5) is 0 Å². The quantitative estimate of drug-likeness (QED) is 0.692. The van der Waals surface area contributed by atoms with Gasteiger partial charge in [0.25, 0.3) is 0 Å². The van der Waals surface area contributed by atoms with Gasteiger partial charge in [-0.1, -0.05) is 24.3 Å². The number of hydrogen-bond acceptors (Lipinski definition) is 4. The van der Waals surface area contributed by atoms with E-state index in [4.69, 9.17) is 19.8 Å². The number of aliphatic carboxylic acids is 1. The smallest absolute Gasteiger partial charge is 0.329 e. The lowest BCUT2D eigenvalue weighted by molar-refractivity contribution is -0.142. The zero-order valence-corrected chi connectivity index (χ0v) is 15.8. The van der Waals surface area contributed by atoms with Crippen molar-refractivity contribution >= 4 is 5.97 Å². The third kappa shape index (κ3) is 5.83. The number of nitriles is 1. The second kappa shape index (κ2) is 9.91. The average molecular weight is 379 g/mol. The monoisotopic (exact) mass is 379 g/mol. The maximum Gasteiger partial charge on any atom is 0.329 e. The molecule has 1 N–H and O–H groups in total. The van der Waals surface area contributed by atoms with Gasteiger partial charge < -0.3 is 14.6 Å². The molecule has 2 aromatic carbocycles. The standard InChI is InChI=1S/C23H25NO4/c24-15-18-6-10-21(11-7-18)28-22-3-1-2-20(14-22)19-8-4-17(5-9-19)12-13-27-16-23(25)26/h4-11,20,22H,1-3,12-14,16H2,(H,25,26)/t20-,22+/m1/s1. The number of hydrogen-bond donors (Lipinski definition) is 1. The summed E-state index contributed by atoms with van der Waals surface area (Å²) in [7, 11) is 0. The Kier molecular flexibility index (Phi) is 7.05. The summed E-state index contributed by atoms with van der Waals surface area (Å²) in [6, 6.07) is 18.0. The molecule has 0 unspecified atom stereocenters. The molecular formula is C23H25NO4. The fraction of sp³-hybridized carbons (Fsp3) is 0.391. The Bertz CT molecular complexity index is 808. The Morgan fingerprint density at radius 2 is 1.86 bits per heavy atom. The van der Waals surface area contributed by atoms with Gasteiger partial charge in [-0.05, 0) is 73.4 Å². The highest BCUT2D eigenvalue weighted by Gasteiger charge is 2.24. The molecule has 5 heteroatoms. The van der Waals surface area contributed by atoms with Gasteiger partial charge in [-0.25, -0.2) is 4.79 Å². The Morgan fingerprint density at radius 3 is 2.54 bits per heavy atom. The summed E-state index contributed by atoms with van der Waals surface area (Å²) in [6.45, 7) is 0.163. The van der Waals surface area contributed by atoms with Crippen molar-refractivity contribution in [1.29, 1.82) is 5.26 Å². The summed E-state index contributed by atoms with van der Waals surface area (Å²) >= 11 is 0. The number of carboxylic acids is 1. The highest BCUT2D eigenvalue weighted by Crippen LogP contribution is 2.35. The first-order valence-electron chi connectivity index (χ1n) is 9.69. The minimum Gasteiger partial charge on any atom is -0.490 e. The minimum absolute atomic E-state index is 0.191. The van der Waals surface area contributed by atoms with Gasteiger partial charge in [0.15, 0.2) is 0 Å². The summed E-state index contributed by atoms with van der Waals surface area (Å²) < 4.78 is 11.2. The lowest BCUT2D eigenvalue weighted by Crippen LogP contribution is -2.24. The van der Waals surface area contributed by atoms with Crippen LogP contribution in [0.25, 0.3) is 0 Å². The fourth-order valence-corrected chi connectivity index (χ4v) is 3.66. The van der Waals surface area contributed by atoms with Gasteiger partial charge in [0.1, 0.15) is 12.4 Å². The van der Waals surface area contributed by atoms with Gasteiger partial charge in [-0.15, -0.1) is 0 Å². The highest BCUT2D eigenvalue weighted by atomic mass is 16.5. The van der Waals surface area contributed by atoms with Crippen LogP contribution in [0.5, 0.6) is 5.75 Å². The van der Waals surface area contributed by atoms with E-state index in [9.17, 15) is 4.79 Å². The van der Waals surface area contributed by atoms with Gasteiger partial charge in [0.05, 0.1) is 24.3 Å². The summed E-state index contributed by atoms with van der Waals surface area (Å²) in [4.78, 5) is 10.5. The molecule has 28 heavy (non-hydrogen) atoms. The van der Waals surface area contributed by atoms with Crippen LogP contribution in [0.1, 0.15) is 48.3 Å². The van der Waals surface area contributed by atoms with Crippen molar-refractivity contribution in [3.63, 3.8) is 0 Å². The van der Waals surface area contributed by atoms with Crippen LogP contribution in [0.3, 0.4) is 0 Å². The molecule has 0 amide bonds. The van der Waals surface area contributed by atoms with Crippen LogP contribution in [0.2, 0.25) is 0 Å². The van der Waals surface area contributed by atoms with E-state index in [0.29, 0.717) is 24.5 Å². The van der Waals surface area contributed by atoms with Gasteiger partial charge in [0.2, 0.25) is 0 Å². The van der Waals surface area contributed by atoms with Gasteiger partial charge in [0, 0.05) is 0 Å². The van der Waals surface area contributed by atoms with E-state index in [1.807, 2.05) is 12.1 Å². The number of rotatable bonds is 8. The van der Waals surface area contributed by atoms with E-state index >= 15 is 0 Å². The first-order chi connectivity index (χ1) is 13.6. The molecule has 0 radical (unpaired) electrons. The summed E-state index contributed by atoms with van der Waals surface area (Å²) in [5, 5.41) is 17.5. The first kappa shape index (κ1) is 19.9. The molecule has 0 aliphatic heterocycles. The van der Waals surface area contributed by atoms with Crippen molar-refractivity contribution in [3.8, 4) is 11.8 Å². The highest BCUT2D eigenvalue weighted by molar-refractivity contribution is 5.67. The summed E-state index contributed by atoms with van der Waals surface area (Å²) in [6.07, 6.45) is 5.24. The van der Waals surface area contributed by atoms with Crippen molar-refractivity contribution in [1.82, 2.24) is 0 Å². The van der Waals surface area contributed by atoms with E-state index in [1.54, 1.807) is 12.1 Å². The lowest BCUT2D eigenvalue weighted by Gasteiger charge is -2.30. The van der Waals surface area contributed by atoms with Crippen LogP contribution in [0.15, 0.2) is 48.5 Å². The predicted molar refractivity (Wildman–Crippen MR) is 105 cm³/mol. The molecule has 2 atom stereocenters. The zero-order chi connectivity index (χ0) is 19.8. The topological polar surface area (TPSA) is 79.5 Å². The third-order valence-corrected chi connectivity index (χ3v) is 5.12. The molecule has 1 saturated carbocycles. The van der Waals surface area contributed by atoms with Crippen LogP contribution >= 0.6 is 0 Å². The SMILES string of the molecule is N#Cc1ccc(O[C@H]2CCC[C@@H](c3ccc(CCOCC(=O)O)cc3)C2)cc1. The van der Waals surface area contributed by atoms with Gasteiger partial charge in [-0.2, -0.15) is 5.26 Å². The molecule has 0 spiro atoms. The van der Waals surface area contributed by atoms with E-state index in [-0.39, 0.29) is 12.7 Å². The summed E-state index contributed by atoms with van der Waals surface area (Å²) in [5.74, 6) is 0.362. The third-order valence-electron chi connectivity index (χ3n) is 5.12. The molecule has 146 valence electrons. The molecule has 0 saturated heterocycles. The second-order valence-electron chi connectivity index (χ2n) is 7.18. The predicted octanol–water partition coefficient (Wildman–Crippen LogP) is 4.31. The fourth-order valence-electron chi connectivity index (χ4n) is 3.66. The van der Waals surface area contributed by atoms with Gasteiger partial charge >= 0.3 is 5.97 Å². The maximum absolute atomic E-state index is 10.5. The van der Waals surface area contributed by atoms with E-state index in [2.05, 4.69) is 30.3 Å². The Morgan fingerprint density at radius 1 is 1.11 bits per heavy atom. The average Bonchev–Trinajstić information content (AvgIpc) is 2.72. The van der Waals surface area contributed by atoms with Crippen molar-refractivity contribution in [2.75, 3.05) is 13.2 Å². The second-order valence-corrected chi connectivity index (χ2v) is 7.18. The Balaban J connectivity index is 1.51. The first-order valence-corrected chi connectivity index (χ1v) is 9.69. The molecule has 3 rings (SSSR count). The minimum atomic E-state index is -0.939. The molecule has 0 heterocycles. The Hall–Kier alpha value is -2.84. The van der Waals surface area contributed by atoms with Crippen molar-refractivity contribution in [2.45, 2.75) is 44.1 Å². The molecule has 1 aliphatic carbocycles. The maximum atomic E-state index is 10.5. The largest absolute Gasteiger partial charge is 0.490 e. The Labute approximate surface area is 165 Å². The lowest BCUT2D eigenvalue weighted by atomic mass is 9.82. The van der Waals surface area contributed by atoms with Crippen LogP contribution in [-0.2, 0) is 16.0 Å². The normalized spacial score (nSPS) is 19.0. The molecule has 0 aromatic heterocycles.